The molecule has 5 heteroatoms. The molecule has 0 aliphatic carbocycles. The lowest BCUT2D eigenvalue weighted by atomic mass is 10.0. The molecule has 15 heavy (non-hydrogen) atoms. The van der Waals surface area contributed by atoms with Crippen LogP contribution in [0.15, 0.2) is 0 Å². The van der Waals surface area contributed by atoms with Crippen LogP contribution in [-0.2, 0) is 19.0 Å². The minimum Gasteiger partial charge on any atom is -0.465 e. The van der Waals surface area contributed by atoms with E-state index >= 15 is 0 Å². The van der Waals surface area contributed by atoms with Gasteiger partial charge in [0.1, 0.15) is 0 Å². The first-order valence-electron chi connectivity index (χ1n) is 5.04. The standard InChI is InChI=1S/C10H17IO4/c1-10(9(12)13-2)14-6-8(7-15-10)4-3-5-11/h8H,3-7H2,1-2H3. The van der Waals surface area contributed by atoms with Gasteiger partial charge in [-0.15, -0.1) is 0 Å². The predicted octanol–water partition coefficient (Wildman–Crippen LogP) is 1.75. The summed E-state index contributed by atoms with van der Waals surface area (Å²) in [5.74, 6) is -1.26. The molecule has 1 saturated heterocycles. The van der Waals surface area contributed by atoms with Crippen molar-refractivity contribution in [2.75, 3.05) is 24.8 Å². The Morgan fingerprint density at radius 1 is 1.53 bits per heavy atom. The molecule has 0 saturated carbocycles. The molecule has 88 valence electrons. The molecule has 0 N–H and O–H groups in total. The van der Waals surface area contributed by atoms with Crippen LogP contribution >= 0.6 is 22.6 Å². The summed E-state index contributed by atoms with van der Waals surface area (Å²) in [7, 11) is 1.34. The normalized spacial score (nSPS) is 31.3. The monoisotopic (exact) mass is 328 g/mol. The highest BCUT2D eigenvalue weighted by Crippen LogP contribution is 2.25. The molecule has 0 unspecified atom stereocenters. The summed E-state index contributed by atoms with van der Waals surface area (Å²) in [5, 5.41) is 0. The van der Waals surface area contributed by atoms with E-state index in [-0.39, 0.29) is 0 Å². The highest BCUT2D eigenvalue weighted by molar-refractivity contribution is 14.1. The maximum Gasteiger partial charge on any atom is 0.366 e. The molecule has 0 spiro atoms. The van der Waals surface area contributed by atoms with Gasteiger partial charge in [-0.25, -0.2) is 4.79 Å². The van der Waals surface area contributed by atoms with E-state index < -0.39 is 11.8 Å². The Morgan fingerprint density at radius 3 is 2.60 bits per heavy atom. The minimum atomic E-state index is -1.20. The second-order valence-corrected chi connectivity index (χ2v) is 4.84. The zero-order valence-electron chi connectivity index (χ0n) is 9.12. The Bertz CT molecular complexity index is 211. The van der Waals surface area contributed by atoms with Crippen LogP contribution in [0.2, 0.25) is 0 Å². The Hall–Kier alpha value is 0.120. The number of carbonyl (C=O) groups excluding carboxylic acids is 1. The second-order valence-electron chi connectivity index (χ2n) is 3.76. The van der Waals surface area contributed by atoms with Gasteiger partial charge in [-0.2, -0.15) is 0 Å². The molecule has 1 aliphatic rings. The Balaban J connectivity index is 2.37. The molecular formula is C10H17IO4. The number of methoxy groups -OCH3 is 1. The van der Waals surface area contributed by atoms with Crippen molar-refractivity contribution in [3.05, 3.63) is 0 Å². The summed E-state index contributed by atoms with van der Waals surface area (Å²) in [6.45, 7) is 2.75. The molecule has 1 fully saturated rings. The van der Waals surface area contributed by atoms with Gasteiger partial charge >= 0.3 is 5.97 Å². The molecule has 0 aromatic rings. The zero-order valence-corrected chi connectivity index (χ0v) is 11.3. The van der Waals surface area contributed by atoms with Gasteiger partial charge in [-0.05, 0) is 17.3 Å². The summed E-state index contributed by atoms with van der Waals surface area (Å²) in [6, 6.07) is 0. The molecule has 0 aromatic heterocycles. The SMILES string of the molecule is COC(=O)C1(C)OCC(CCCI)CO1. The van der Waals surface area contributed by atoms with E-state index in [1.54, 1.807) is 6.92 Å². The van der Waals surface area contributed by atoms with Crippen molar-refractivity contribution in [1.82, 2.24) is 0 Å². The van der Waals surface area contributed by atoms with Crippen LogP contribution in [0.5, 0.6) is 0 Å². The number of alkyl halides is 1. The van der Waals surface area contributed by atoms with E-state index in [1.807, 2.05) is 0 Å². The van der Waals surface area contributed by atoms with Gasteiger partial charge in [0.15, 0.2) is 0 Å². The molecule has 0 amide bonds. The molecule has 1 aliphatic heterocycles. The van der Waals surface area contributed by atoms with Gasteiger partial charge in [0.05, 0.1) is 20.3 Å². The van der Waals surface area contributed by atoms with Crippen LogP contribution < -0.4 is 0 Å². The molecule has 4 nitrogen and oxygen atoms in total. The summed E-state index contributed by atoms with van der Waals surface area (Å²) in [4.78, 5) is 11.3. The topological polar surface area (TPSA) is 44.8 Å². The van der Waals surface area contributed by atoms with Gasteiger partial charge in [0.25, 0.3) is 5.79 Å². The van der Waals surface area contributed by atoms with Crippen molar-refractivity contribution in [2.24, 2.45) is 5.92 Å². The maximum atomic E-state index is 11.3. The van der Waals surface area contributed by atoms with E-state index in [9.17, 15) is 4.79 Å². The fourth-order valence-electron chi connectivity index (χ4n) is 1.48. The van der Waals surface area contributed by atoms with E-state index in [1.165, 1.54) is 7.11 Å². The van der Waals surface area contributed by atoms with Gasteiger partial charge in [-0.1, -0.05) is 22.6 Å². The summed E-state index contributed by atoms with van der Waals surface area (Å²) < 4.78 is 16.6. The Labute approximate surface area is 104 Å². The second kappa shape index (κ2) is 6.00. The smallest absolute Gasteiger partial charge is 0.366 e. The van der Waals surface area contributed by atoms with Gasteiger partial charge < -0.3 is 14.2 Å². The van der Waals surface area contributed by atoms with Gasteiger partial charge in [0, 0.05) is 12.8 Å². The number of hydrogen-bond acceptors (Lipinski definition) is 4. The van der Waals surface area contributed by atoms with Crippen LogP contribution in [0.1, 0.15) is 19.8 Å². The van der Waals surface area contributed by atoms with E-state index in [0.29, 0.717) is 19.1 Å². The first kappa shape index (κ1) is 13.2. The predicted molar refractivity (Wildman–Crippen MR) is 63.9 cm³/mol. The van der Waals surface area contributed by atoms with E-state index in [2.05, 4.69) is 27.3 Å². The van der Waals surface area contributed by atoms with Crippen molar-refractivity contribution in [2.45, 2.75) is 25.6 Å². The van der Waals surface area contributed by atoms with Crippen LogP contribution in [0.3, 0.4) is 0 Å². The maximum absolute atomic E-state index is 11.3. The first-order valence-corrected chi connectivity index (χ1v) is 6.57. The number of halogens is 1. The number of hydrogen-bond donors (Lipinski definition) is 0. The minimum absolute atomic E-state index is 0.400. The lowest BCUT2D eigenvalue weighted by Crippen LogP contribution is -2.48. The largest absolute Gasteiger partial charge is 0.465 e. The molecule has 1 rings (SSSR count). The molecule has 0 radical (unpaired) electrons. The summed E-state index contributed by atoms with van der Waals surface area (Å²) in [5.41, 5.74) is 0. The first-order chi connectivity index (χ1) is 7.12. The fraction of sp³-hybridized carbons (Fsp3) is 0.900. The Morgan fingerprint density at radius 2 is 2.13 bits per heavy atom. The number of ether oxygens (including phenoxy) is 3. The molecule has 0 atom stereocenters. The zero-order chi connectivity index (χ0) is 11.3. The number of carbonyl (C=O) groups is 1. The summed E-state index contributed by atoms with van der Waals surface area (Å²) >= 11 is 2.35. The molecule has 0 aromatic carbocycles. The number of rotatable bonds is 4. The third-order valence-electron chi connectivity index (χ3n) is 2.49. The van der Waals surface area contributed by atoms with Crippen molar-refractivity contribution >= 4 is 28.6 Å². The quantitative estimate of drug-likeness (QED) is 0.448. The van der Waals surface area contributed by atoms with Crippen LogP contribution in [0.25, 0.3) is 0 Å². The van der Waals surface area contributed by atoms with Crippen LogP contribution in [0, 0.1) is 5.92 Å². The third kappa shape index (κ3) is 3.57. The molecule has 0 bridgehead atoms. The third-order valence-corrected chi connectivity index (χ3v) is 3.25. The van der Waals surface area contributed by atoms with Crippen LogP contribution in [-0.4, -0.2) is 36.5 Å². The van der Waals surface area contributed by atoms with Crippen molar-refractivity contribution in [3.63, 3.8) is 0 Å². The lowest BCUT2D eigenvalue weighted by Gasteiger charge is -2.35. The van der Waals surface area contributed by atoms with E-state index in [4.69, 9.17) is 9.47 Å². The van der Waals surface area contributed by atoms with Crippen molar-refractivity contribution < 1.29 is 19.0 Å². The lowest BCUT2D eigenvalue weighted by molar-refractivity contribution is -0.272. The average molecular weight is 328 g/mol. The highest BCUT2D eigenvalue weighted by atomic mass is 127. The average Bonchev–Trinajstić information content (AvgIpc) is 2.27. The van der Waals surface area contributed by atoms with E-state index in [0.717, 1.165) is 17.3 Å². The van der Waals surface area contributed by atoms with Gasteiger partial charge in [0.2, 0.25) is 0 Å². The van der Waals surface area contributed by atoms with Gasteiger partial charge in [-0.3, -0.25) is 0 Å². The molecule has 1 heterocycles. The fourth-order valence-corrected chi connectivity index (χ4v) is 1.92. The Kier molecular flexibility index (Phi) is 5.28. The van der Waals surface area contributed by atoms with Crippen molar-refractivity contribution in [3.8, 4) is 0 Å². The number of esters is 1. The van der Waals surface area contributed by atoms with Crippen molar-refractivity contribution in [1.29, 1.82) is 0 Å². The highest BCUT2D eigenvalue weighted by Gasteiger charge is 2.41. The molecular weight excluding hydrogens is 311 g/mol. The summed E-state index contributed by atoms with van der Waals surface area (Å²) in [6.07, 6.45) is 2.24. The van der Waals surface area contributed by atoms with Crippen LogP contribution in [0.4, 0.5) is 0 Å².